The Labute approximate surface area is 150 Å². The van der Waals surface area contributed by atoms with Gasteiger partial charge in [-0.25, -0.2) is 0 Å². The van der Waals surface area contributed by atoms with Gasteiger partial charge >= 0.3 is 5.97 Å². The number of nitrogens with zero attached hydrogens (tertiary/aromatic N) is 1. The normalized spacial score (nSPS) is 35.3. The van der Waals surface area contributed by atoms with Gasteiger partial charge in [0, 0.05) is 10.7 Å². The summed E-state index contributed by atoms with van der Waals surface area (Å²) in [6.07, 6.45) is 3.62. The number of aliphatic carboxylic acids is 1. The van der Waals surface area contributed by atoms with Crippen LogP contribution in [0.5, 0.6) is 0 Å². The quantitative estimate of drug-likeness (QED) is 0.839. The van der Waals surface area contributed by atoms with E-state index in [4.69, 9.17) is 16.3 Å². The smallest absolute Gasteiger partial charge is 0.310 e. The van der Waals surface area contributed by atoms with Crippen LogP contribution in [0, 0.1) is 11.8 Å². The van der Waals surface area contributed by atoms with Crippen molar-refractivity contribution in [2.24, 2.45) is 11.8 Å². The number of hydrogen-bond donors (Lipinski definition) is 1. The molecule has 0 aromatic heterocycles. The zero-order valence-corrected chi connectivity index (χ0v) is 14.4. The van der Waals surface area contributed by atoms with Gasteiger partial charge in [0.05, 0.1) is 18.1 Å². The maximum atomic E-state index is 13.3. The largest absolute Gasteiger partial charge is 0.481 e. The Hall–Kier alpha value is -2.11. The minimum Gasteiger partial charge on any atom is -0.481 e. The molecule has 25 heavy (non-hydrogen) atoms. The standard InChI is InChI=1S/C19H18ClNO4/c1-10(2)8-14-19-7-6-13(25-19)15(18(23)24)16(19)17(22)21(14)12-5-3-4-11(20)9-12/h3-7,9,13-16H,1,8H2,2H3,(H,23,24)/t13-,14-,15+,16-,19-/m1/s1. The summed E-state index contributed by atoms with van der Waals surface area (Å²) in [7, 11) is 0. The number of carboxylic acid groups (broad SMARTS) is 1. The molecule has 0 aliphatic carbocycles. The van der Waals surface area contributed by atoms with Gasteiger partial charge in [-0.2, -0.15) is 0 Å². The summed E-state index contributed by atoms with van der Waals surface area (Å²) < 4.78 is 6.10. The minimum absolute atomic E-state index is 0.229. The maximum Gasteiger partial charge on any atom is 0.310 e. The van der Waals surface area contributed by atoms with Crippen LogP contribution in [-0.4, -0.2) is 34.7 Å². The maximum absolute atomic E-state index is 13.3. The molecule has 1 N–H and O–H groups in total. The lowest BCUT2D eigenvalue weighted by molar-refractivity contribution is -0.146. The van der Waals surface area contributed by atoms with Gasteiger partial charge < -0.3 is 14.7 Å². The van der Waals surface area contributed by atoms with E-state index in [-0.39, 0.29) is 11.9 Å². The second-order valence-electron chi connectivity index (χ2n) is 7.00. The van der Waals surface area contributed by atoms with E-state index in [0.717, 1.165) is 5.57 Å². The van der Waals surface area contributed by atoms with Crippen molar-refractivity contribution in [3.8, 4) is 0 Å². The van der Waals surface area contributed by atoms with E-state index >= 15 is 0 Å². The van der Waals surface area contributed by atoms with Crippen molar-refractivity contribution in [2.45, 2.75) is 31.1 Å². The Bertz CT molecular complexity index is 819. The highest BCUT2D eigenvalue weighted by atomic mass is 35.5. The first-order chi connectivity index (χ1) is 11.8. The van der Waals surface area contributed by atoms with Crippen LogP contribution >= 0.6 is 11.6 Å². The van der Waals surface area contributed by atoms with Crippen molar-refractivity contribution in [1.82, 2.24) is 0 Å². The number of ether oxygens (including phenoxy) is 1. The highest BCUT2D eigenvalue weighted by molar-refractivity contribution is 6.31. The monoisotopic (exact) mass is 359 g/mol. The average molecular weight is 360 g/mol. The van der Waals surface area contributed by atoms with Crippen molar-refractivity contribution < 1.29 is 19.4 Å². The summed E-state index contributed by atoms with van der Waals surface area (Å²) >= 11 is 6.11. The molecule has 4 rings (SSSR count). The molecule has 3 heterocycles. The molecule has 6 heteroatoms. The lowest BCUT2D eigenvalue weighted by atomic mass is 9.74. The molecule has 1 spiro atoms. The highest BCUT2D eigenvalue weighted by Gasteiger charge is 2.71. The molecule has 3 aliphatic heterocycles. The number of amides is 1. The topological polar surface area (TPSA) is 66.8 Å². The molecule has 1 amide bonds. The molecule has 3 aliphatic rings. The van der Waals surface area contributed by atoms with Crippen LogP contribution in [0.15, 0.2) is 48.6 Å². The number of hydrogen-bond acceptors (Lipinski definition) is 3. The van der Waals surface area contributed by atoms with E-state index < -0.39 is 29.5 Å². The van der Waals surface area contributed by atoms with E-state index in [1.165, 1.54) is 0 Å². The molecule has 130 valence electrons. The first-order valence-electron chi connectivity index (χ1n) is 8.18. The van der Waals surface area contributed by atoms with Gasteiger partial charge in [-0.15, -0.1) is 6.58 Å². The zero-order valence-electron chi connectivity index (χ0n) is 13.7. The van der Waals surface area contributed by atoms with Crippen LogP contribution in [0.1, 0.15) is 13.3 Å². The minimum atomic E-state index is -1.00. The van der Waals surface area contributed by atoms with Crippen LogP contribution in [0.3, 0.4) is 0 Å². The summed E-state index contributed by atoms with van der Waals surface area (Å²) in [6.45, 7) is 5.87. The number of carboxylic acids is 1. The Kier molecular flexibility index (Phi) is 3.56. The molecule has 2 bridgehead atoms. The number of benzene rings is 1. The molecule has 5 atom stereocenters. The number of carbonyl (C=O) groups is 2. The van der Waals surface area contributed by atoms with Crippen LogP contribution in [0.25, 0.3) is 0 Å². The molecular formula is C19H18ClNO4. The molecule has 1 aromatic rings. The van der Waals surface area contributed by atoms with E-state index in [9.17, 15) is 14.7 Å². The van der Waals surface area contributed by atoms with Crippen LogP contribution in [0.2, 0.25) is 5.02 Å². The van der Waals surface area contributed by atoms with Crippen molar-refractivity contribution in [3.05, 3.63) is 53.6 Å². The van der Waals surface area contributed by atoms with Crippen molar-refractivity contribution in [3.63, 3.8) is 0 Å². The Morgan fingerprint density at radius 2 is 2.24 bits per heavy atom. The van der Waals surface area contributed by atoms with Gasteiger partial charge in [0.1, 0.15) is 11.5 Å². The number of carbonyl (C=O) groups excluding carboxylic acids is 1. The molecule has 0 unspecified atom stereocenters. The summed E-state index contributed by atoms with van der Waals surface area (Å²) in [6, 6.07) is 6.69. The zero-order chi connectivity index (χ0) is 17.9. The van der Waals surface area contributed by atoms with Crippen molar-refractivity contribution in [2.75, 3.05) is 4.90 Å². The molecule has 5 nitrogen and oxygen atoms in total. The van der Waals surface area contributed by atoms with Gasteiger partial charge in [-0.3, -0.25) is 9.59 Å². The number of rotatable bonds is 4. The van der Waals surface area contributed by atoms with Crippen molar-refractivity contribution in [1.29, 1.82) is 0 Å². The van der Waals surface area contributed by atoms with E-state index in [2.05, 4.69) is 6.58 Å². The van der Waals surface area contributed by atoms with Gasteiger partial charge in [0.2, 0.25) is 5.91 Å². The second kappa shape index (κ2) is 5.44. The fraction of sp³-hybridized carbons (Fsp3) is 0.368. The first-order valence-corrected chi connectivity index (χ1v) is 8.56. The number of halogens is 1. The Morgan fingerprint density at radius 3 is 2.88 bits per heavy atom. The van der Waals surface area contributed by atoms with Crippen LogP contribution < -0.4 is 4.90 Å². The molecular weight excluding hydrogens is 342 g/mol. The average Bonchev–Trinajstić information content (AvgIpc) is 3.16. The predicted octanol–water partition coefficient (Wildman–Crippen LogP) is 3.05. The van der Waals surface area contributed by atoms with E-state index in [1.807, 2.05) is 13.0 Å². The van der Waals surface area contributed by atoms with Gasteiger partial charge in [0.15, 0.2) is 0 Å². The summed E-state index contributed by atoms with van der Waals surface area (Å²) in [5.74, 6) is -2.83. The molecule has 0 saturated carbocycles. The summed E-state index contributed by atoms with van der Waals surface area (Å²) in [5, 5.41) is 10.2. The Morgan fingerprint density at radius 1 is 1.48 bits per heavy atom. The fourth-order valence-electron chi connectivity index (χ4n) is 4.45. The SMILES string of the molecule is C=C(C)C[C@H]1N(c2cccc(Cl)c2)C(=O)[C@H]2[C@@H](C(=O)O)[C@H]3C=C[C@]21O3. The van der Waals surface area contributed by atoms with Gasteiger partial charge in [-0.05, 0) is 31.5 Å². The molecule has 2 saturated heterocycles. The Balaban J connectivity index is 1.85. The number of fused-ring (bicyclic) bond motifs is 1. The van der Waals surface area contributed by atoms with Crippen molar-refractivity contribution >= 4 is 29.2 Å². The third-order valence-corrected chi connectivity index (χ3v) is 5.57. The van der Waals surface area contributed by atoms with E-state index in [1.54, 1.807) is 35.2 Å². The summed E-state index contributed by atoms with van der Waals surface area (Å²) in [4.78, 5) is 26.7. The van der Waals surface area contributed by atoms with Gasteiger partial charge in [0.25, 0.3) is 0 Å². The fourth-order valence-corrected chi connectivity index (χ4v) is 4.63. The van der Waals surface area contributed by atoms with Gasteiger partial charge in [-0.1, -0.05) is 35.4 Å². The molecule has 0 radical (unpaired) electrons. The molecule has 2 fully saturated rings. The predicted molar refractivity (Wildman–Crippen MR) is 93.5 cm³/mol. The van der Waals surface area contributed by atoms with E-state index in [0.29, 0.717) is 17.1 Å². The highest BCUT2D eigenvalue weighted by Crippen LogP contribution is 2.56. The third kappa shape index (κ3) is 2.19. The molecule has 1 aromatic carbocycles. The number of anilines is 1. The summed E-state index contributed by atoms with van der Waals surface area (Å²) in [5.41, 5.74) is 0.628. The second-order valence-corrected chi connectivity index (χ2v) is 7.44. The lowest BCUT2D eigenvalue weighted by Crippen LogP contribution is -2.45. The lowest BCUT2D eigenvalue weighted by Gasteiger charge is -2.33. The first kappa shape index (κ1) is 16.4. The third-order valence-electron chi connectivity index (χ3n) is 5.34. The van der Waals surface area contributed by atoms with Crippen LogP contribution in [-0.2, 0) is 14.3 Å². The van der Waals surface area contributed by atoms with Crippen LogP contribution in [0.4, 0.5) is 5.69 Å².